The predicted molar refractivity (Wildman–Crippen MR) is 125 cm³/mol. The van der Waals surface area contributed by atoms with Crippen LogP contribution in [0.25, 0.3) is 10.6 Å². The number of hydrogen-bond donors (Lipinski definition) is 1. The van der Waals surface area contributed by atoms with Crippen LogP contribution in [0.5, 0.6) is 0 Å². The number of nitrogens with one attached hydrogen (secondary N) is 1. The molecule has 4 rings (SSSR count). The monoisotopic (exact) mass is 520 g/mol. The average Bonchev–Trinajstić information content (AvgIpc) is 3.23. The highest BCUT2D eigenvalue weighted by molar-refractivity contribution is 9.10. The highest BCUT2D eigenvalue weighted by Gasteiger charge is 2.31. The van der Waals surface area contributed by atoms with E-state index in [1.54, 1.807) is 6.07 Å². The number of nitrogens with zero attached hydrogens (tertiary/aromatic N) is 3. The zero-order valence-electron chi connectivity index (χ0n) is 16.6. The summed E-state index contributed by atoms with van der Waals surface area (Å²) in [4.78, 5) is 12.7. The van der Waals surface area contributed by atoms with Gasteiger partial charge in [-0.3, -0.25) is 4.79 Å². The molecule has 0 radical (unpaired) electrons. The van der Waals surface area contributed by atoms with Gasteiger partial charge in [0.25, 0.3) is 0 Å². The van der Waals surface area contributed by atoms with E-state index in [4.69, 9.17) is 0 Å². The van der Waals surface area contributed by atoms with E-state index in [2.05, 4.69) is 31.4 Å². The van der Waals surface area contributed by atoms with Crippen LogP contribution in [0.15, 0.2) is 59.1 Å². The number of aromatic nitrogens is 2. The van der Waals surface area contributed by atoms with Crippen LogP contribution in [0.1, 0.15) is 18.4 Å². The summed E-state index contributed by atoms with van der Waals surface area (Å²) in [5.74, 6) is -0.433. The Morgan fingerprint density at radius 3 is 2.55 bits per heavy atom. The molecule has 1 aromatic heterocycles. The Bertz CT molecular complexity index is 1160. The van der Waals surface area contributed by atoms with Gasteiger partial charge in [-0.05, 0) is 30.5 Å². The summed E-state index contributed by atoms with van der Waals surface area (Å²) >= 11 is 4.69. The molecule has 0 atom stereocenters. The maximum atomic E-state index is 12.8. The van der Waals surface area contributed by atoms with Crippen LogP contribution in [0, 0.1) is 5.92 Å². The zero-order chi connectivity index (χ0) is 21.8. The second-order valence-electron chi connectivity index (χ2n) is 7.33. The highest BCUT2D eigenvalue weighted by Crippen LogP contribution is 2.28. The summed E-state index contributed by atoms with van der Waals surface area (Å²) in [6, 6.07) is 17.0. The van der Waals surface area contributed by atoms with Crippen molar-refractivity contribution in [2.75, 3.05) is 18.4 Å². The van der Waals surface area contributed by atoms with Gasteiger partial charge in [0.05, 0.1) is 5.75 Å². The Morgan fingerprint density at radius 2 is 1.84 bits per heavy atom. The maximum absolute atomic E-state index is 12.8. The van der Waals surface area contributed by atoms with Gasteiger partial charge in [-0.15, -0.1) is 10.2 Å². The molecular weight excluding hydrogens is 500 g/mol. The molecule has 1 aliphatic heterocycles. The summed E-state index contributed by atoms with van der Waals surface area (Å²) in [5, 5.41) is 12.2. The molecule has 0 saturated carbocycles. The summed E-state index contributed by atoms with van der Waals surface area (Å²) in [6.45, 7) is 0.666. The van der Waals surface area contributed by atoms with E-state index in [-0.39, 0.29) is 17.6 Å². The van der Waals surface area contributed by atoms with Crippen LogP contribution in [-0.4, -0.2) is 41.9 Å². The van der Waals surface area contributed by atoms with E-state index < -0.39 is 10.0 Å². The lowest BCUT2D eigenvalue weighted by Gasteiger charge is -2.30. The van der Waals surface area contributed by atoms with Crippen LogP contribution < -0.4 is 5.32 Å². The number of hydrogen-bond acceptors (Lipinski definition) is 6. The molecule has 2 heterocycles. The lowest BCUT2D eigenvalue weighted by atomic mass is 9.97. The van der Waals surface area contributed by atoms with Gasteiger partial charge < -0.3 is 5.32 Å². The molecule has 1 saturated heterocycles. The molecule has 1 amide bonds. The molecular formula is C21H21BrN4O3S2. The normalized spacial score (nSPS) is 15.6. The van der Waals surface area contributed by atoms with Crippen molar-refractivity contribution in [3.63, 3.8) is 0 Å². The van der Waals surface area contributed by atoms with Gasteiger partial charge in [-0.25, -0.2) is 12.7 Å². The van der Waals surface area contributed by atoms with Gasteiger partial charge in [0.1, 0.15) is 5.01 Å². The third-order valence-electron chi connectivity index (χ3n) is 5.13. The number of sulfonamides is 1. The topological polar surface area (TPSA) is 92.3 Å². The number of carbonyl (C=O) groups is 1. The molecule has 7 nitrogen and oxygen atoms in total. The third kappa shape index (κ3) is 5.57. The SMILES string of the molecule is O=C(Nc1nnc(-c2ccccc2)s1)C1CCN(S(=O)(=O)Cc2cccc(Br)c2)CC1. The first-order valence-electron chi connectivity index (χ1n) is 9.83. The lowest BCUT2D eigenvalue weighted by Crippen LogP contribution is -2.41. The van der Waals surface area contributed by atoms with Gasteiger partial charge in [-0.2, -0.15) is 0 Å². The minimum absolute atomic E-state index is 0.0453. The fourth-order valence-corrected chi connectivity index (χ4v) is 6.25. The van der Waals surface area contributed by atoms with Crippen molar-refractivity contribution in [3.8, 4) is 10.6 Å². The molecule has 162 valence electrons. The second kappa shape index (κ2) is 9.56. The highest BCUT2D eigenvalue weighted by atomic mass is 79.9. The zero-order valence-corrected chi connectivity index (χ0v) is 19.8. The summed E-state index contributed by atoms with van der Waals surface area (Å²) in [5.41, 5.74) is 1.68. The van der Waals surface area contributed by atoms with Crippen LogP contribution in [0.2, 0.25) is 0 Å². The van der Waals surface area contributed by atoms with E-state index >= 15 is 0 Å². The molecule has 0 spiro atoms. The van der Waals surface area contributed by atoms with Crippen LogP contribution >= 0.6 is 27.3 Å². The van der Waals surface area contributed by atoms with Gasteiger partial charge in [0.15, 0.2) is 0 Å². The van der Waals surface area contributed by atoms with Gasteiger partial charge in [-0.1, -0.05) is 69.7 Å². The lowest BCUT2D eigenvalue weighted by molar-refractivity contribution is -0.120. The number of piperidine rings is 1. The Morgan fingerprint density at radius 1 is 1.10 bits per heavy atom. The average molecular weight is 521 g/mol. The van der Waals surface area contributed by atoms with Crippen molar-refractivity contribution >= 4 is 48.3 Å². The van der Waals surface area contributed by atoms with Gasteiger partial charge >= 0.3 is 0 Å². The molecule has 10 heteroatoms. The predicted octanol–water partition coefficient (Wildman–Crippen LogP) is 4.15. The minimum atomic E-state index is -3.43. The number of anilines is 1. The summed E-state index contributed by atoms with van der Waals surface area (Å²) in [6.07, 6.45) is 0.960. The van der Waals surface area contributed by atoms with E-state index in [9.17, 15) is 13.2 Å². The Balaban J connectivity index is 1.32. The second-order valence-corrected chi connectivity index (χ2v) is 11.2. The smallest absolute Gasteiger partial charge is 0.229 e. The number of rotatable bonds is 6. The minimum Gasteiger partial charge on any atom is -0.300 e. The molecule has 0 bridgehead atoms. The number of halogens is 1. The van der Waals surface area contributed by atoms with Gasteiger partial charge in [0, 0.05) is 29.0 Å². The van der Waals surface area contributed by atoms with Crippen molar-refractivity contribution < 1.29 is 13.2 Å². The number of amides is 1. The Hall–Kier alpha value is -2.14. The van der Waals surface area contributed by atoms with Crippen molar-refractivity contribution in [2.45, 2.75) is 18.6 Å². The van der Waals surface area contributed by atoms with Crippen molar-refractivity contribution in [2.24, 2.45) is 5.92 Å². The summed E-state index contributed by atoms with van der Waals surface area (Å²) < 4.78 is 27.9. The molecule has 31 heavy (non-hydrogen) atoms. The number of carbonyl (C=O) groups excluding carboxylic acids is 1. The molecule has 0 aliphatic carbocycles. The first kappa shape index (κ1) is 22.1. The quantitative estimate of drug-likeness (QED) is 0.526. The Labute approximate surface area is 193 Å². The van der Waals surface area contributed by atoms with Gasteiger partial charge in [0.2, 0.25) is 21.1 Å². The standard InChI is InChI=1S/C21H21BrN4O3S2/c22-18-8-4-5-15(13-18)14-31(28,29)26-11-9-16(10-12-26)19(27)23-21-25-24-20(30-21)17-6-2-1-3-7-17/h1-8,13,16H,9-12,14H2,(H,23,25,27). The van der Waals surface area contributed by atoms with Crippen LogP contribution in [-0.2, 0) is 20.6 Å². The largest absolute Gasteiger partial charge is 0.300 e. The Kier molecular flexibility index (Phi) is 6.80. The third-order valence-corrected chi connectivity index (χ3v) is 8.36. The van der Waals surface area contributed by atoms with Crippen molar-refractivity contribution in [1.82, 2.24) is 14.5 Å². The van der Waals surface area contributed by atoms with Crippen molar-refractivity contribution in [3.05, 3.63) is 64.6 Å². The first-order valence-corrected chi connectivity index (χ1v) is 13.0. The molecule has 0 unspecified atom stereocenters. The van der Waals surface area contributed by atoms with E-state index in [0.717, 1.165) is 20.6 Å². The fourth-order valence-electron chi connectivity index (χ4n) is 3.50. The molecule has 1 N–H and O–H groups in total. The number of benzene rings is 2. The fraction of sp³-hybridized carbons (Fsp3) is 0.286. The first-order chi connectivity index (χ1) is 14.9. The maximum Gasteiger partial charge on any atom is 0.229 e. The molecule has 1 aliphatic rings. The van der Waals surface area contributed by atoms with E-state index in [1.807, 2.05) is 48.5 Å². The van der Waals surface area contributed by atoms with E-state index in [1.165, 1.54) is 15.6 Å². The van der Waals surface area contributed by atoms with E-state index in [0.29, 0.717) is 31.1 Å². The van der Waals surface area contributed by atoms with Crippen molar-refractivity contribution in [1.29, 1.82) is 0 Å². The van der Waals surface area contributed by atoms with Crippen LogP contribution in [0.4, 0.5) is 5.13 Å². The molecule has 3 aromatic rings. The molecule has 1 fully saturated rings. The van der Waals surface area contributed by atoms with Crippen LogP contribution in [0.3, 0.4) is 0 Å². The molecule has 2 aromatic carbocycles. The summed E-state index contributed by atoms with van der Waals surface area (Å²) in [7, 11) is -3.43.